The molecule has 18 heteroatoms. The Morgan fingerprint density at radius 1 is 0.872 bits per heavy atom. The predicted molar refractivity (Wildman–Crippen MR) is 117 cm³/mol. The SMILES string of the molecule is O=C(NC(=O)c1ccc([N+](=O)[O-])cc1[N+](=O)[O-])Nc1ccc(Oc2ccc(C(F)(F)F)cn2)c(C(F)(F)F)c1. The van der Waals surface area contributed by atoms with Gasteiger partial charge in [-0.25, -0.2) is 9.78 Å². The zero-order valence-corrected chi connectivity index (χ0v) is 18.7. The summed E-state index contributed by atoms with van der Waals surface area (Å²) in [6, 6.07) is 3.78. The number of rotatable bonds is 6. The molecule has 1 heterocycles. The minimum atomic E-state index is -5.08. The molecule has 1 aromatic heterocycles. The topological polar surface area (TPSA) is 167 Å². The van der Waals surface area contributed by atoms with Gasteiger partial charge in [0.2, 0.25) is 5.88 Å². The van der Waals surface area contributed by atoms with E-state index >= 15 is 0 Å². The summed E-state index contributed by atoms with van der Waals surface area (Å²) in [7, 11) is 0. The first-order chi connectivity index (χ1) is 18.1. The van der Waals surface area contributed by atoms with Crippen LogP contribution in [-0.2, 0) is 12.4 Å². The van der Waals surface area contributed by atoms with Crippen molar-refractivity contribution in [3.8, 4) is 11.6 Å². The van der Waals surface area contributed by atoms with E-state index in [1.54, 1.807) is 5.32 Å². The monoisotopic (exact) mass is 559 g/mol. The number of nitrogens with zero attached hydrogens (tertiary/aromatic N) is 3. The molecule has 12 nitrogen and oxygen atoms in total. The third-order valence-corrected chi connectivity index (χ3v) is 4.68. The van der Waals surface area contributed by atoms with E-state index in [0.29, 0.717) is 36.5 Å². The molecular weight excluding hydrogens is 548 g/mol. The molecule has 39 heavy (non-hydrogen) atoms. The number of urea groups is 1. The number of carbonyl (C=O) groups is 2. The maximum absolute atomic E-state index is 13.6. The maximum atomic E-state index is 13.6. The Labute approximate surface area is 211 Å². The first kappa shape index (κ1) is 28.3. The van der Waals surface area contributed by atoms with E-state index in [2.05, 4.69) is 4.98 Å². The van der Waals surface area contributed by atoms with E-state index in [-0.39, 0.29) is 0 Å². The number of anilines is 1. The highest BCUT2D eigenvalue weighted by Gasteiger charge is 2.36. The number of aromatic nitrogens is 1. The number of imide groups is 1. The lowest BCUT2D eigenvalue weighted by Crippen LogP contribution is -2.34. The van der Waals surface area contributed by atoms with Crippen LogP contribution in [0.4, 0.5) is 48.2 Å². The molecule has 0 aliphatic heterocycles. The molecule has 0 spiro atoms. The van der Waals surface area contributed by atoms with Crippen LogP contribution in [0, 0.1) is 20.2 Å². The number of hydrogen-bond donors (Lipinski definition) is 2. The Balaban J connectivity index is 1.79. The van der Waals surface area contributed by atoms with Crippen molar-refractivity contribution in [3.05, 3.63) is 91.6 Å². The molecule has 0 radical (unpaired) electrons. The van der Waals surface area contributed by atoms with Gasteiger partial charge < -0.3 is 10.1 Å². The van der Waals surface area contributed by atoms with Crippen molar-refractivity contribution in [3.63, 3.8) is 0 Å². The minimum absolute atomic E-state index is 0.356. The maximum Gasteiger partial charge on any atom is 0.420 e. The standard InChI is InChI=1S/C21H11F6N5O7/c22-20(23,24)10-1-6-17(28-9-10)39-16-5-2-11(7-14(16)21(25,26)27)29-19(34)30-18(33)13-4-3-12(31(35)36)8-15(13)32(37)38/h1-9H,(H2,29,30,33,34). The van der Waals surface area contributed by atoms with Crippen LogP contribution in [0.3, 0.4) is 0 Å². The second kappa shape index (κ2) is 10.6. The highest BCUT2D eigenvalue weighted by Crippen LogP contribution is 2.40. The molecule has 204 valence electrons. The molecule has 0 atom stereocenters. The van der Waals surface area contributed by atoms with Crippen molar-refractivity contribution in [1.29, 1.82) is 0 Å². The summed E-state index contributed by atoms with van der Waals surface area (Å²) in [5, 5.41) is 25.5. The predicted octanol–water partition coefficient (Wildman–Crippen LogP) is 5.69. The lowest BCUT2D eigenvalue weighted by molar-refractivity contribution is -0.394. The largest absolute Gasteiger partial charge is 0.438 e. The Bertz CT molecular complexity index is 1460. The van der Waals surface area contributed by atoms with Crippen molar-refractivity contribution >= 4 is 29.0 Å². The Morgan fingerprint density at radius 2 is 1.56 bits per heavy atom. The highest BCUT2D eigenvalue weighted by molar-refractivity contribution is 6.09. The number of carbonyl (C=O) groups excluding carboxylic acids is 2. The third-order valence-electron chi connectivity index (χ3n) is 4.68. The number of halogens is 6. The average molecular weight is 559 g/mol. The van der Waals surface area contributed by atoms with Gasteiger partial charge in [-0.3, -0.25) is 30.3 Å². The third kappa shape index (κ3) is 6.93. The number of non-ortho nitro benzene ring substituents is 1. The van der Waals surface area contributed by atoms with Crippen molar-refractivity contribution in [2.24, 2.45) is 0 Å². The van der Waals surface area contributed by atoms with Gasteiger partial charge in [-0.2, -0.15) is 26.3 Å². The molecule has 0 unspecified atom stereocenters. The number of pyridine rings is 1. The number of nitro groups is 2. The van der Waals surface area contributed by atoms with E-state index in [0.717, 1.165) is 18.2 Å². The van der Waals surface area contributed by atoms with Gasteiger partial charge >= 0.3 is 18.4 Å². The zero-order valence-electron chi connectivity index (χ0n) is 18.7. The van der Waals surface area contributed by atoms with Crippen molar-refractivity contribution < 1.29 is 50.5 Å². The van der Waals surface area contributed by atoms with Gasteiger partial charge in [0.1, 0.15) is 16.9 Å². The van der Waals surface area contributed by atoms with E-state index in [4.69, 9.17) is 4.74 Å². The first-order valence-electron chi connectivity index (χ1n) is 10.0. The molecule has 0 bridgehead atoms. The summed E-state index contributed by atoms with van der Waals surface area (Å²) in [6.45, 7) is 0. The lowest BCUT2D eigenvalue weighted by Gasteiger charge is -2.15. The number of amides is 3. The van der Waals surface area contributed by atoms with Crippen LogP contribution >= 0.6 is 0 Å². The molecule has 0 fully saturated rings. The van der Waals surface area contributed by atoms with E-state index in [1.165, 1.54) is 0 Å². The second-order valence-corrected chi connectivity index (χ2v) is 7.32. The lowest BCUT2D eigenvalue weighted by atomic mass is 10.1. The van der Waals surface area contributed by atoms with E-state index < -0.39 is 79.5 Å². The summed E-state index contributed by atoms with van der Waals surface area (Å²) in [5.41, 5.74) is -5.63. The van der Waals surface area contributed by atoms with Crippen molar-refractivity contribution in [2.75, 3.05) is 5.32 Å². The number of nitro benzene ring substituents is 2. The molecule has 0 aliphatic rings. The van der Waals surface area contributed by atoms with Crippen LogP contribution in [0.25, 0.3) is 0 Å². The summed E-state index contributed by atoms with van der Waals surface area (Å²) in [5.74, 6) is -2.86. The Hall–Kier alpha value is -5.29. The quantitative estimate of drug-likeness (QED) is 0.221. The van der Waals surface area contributed by atoms with E-state index in [1.807, 2.05) is 5.32 Å². The second-order valence-electron chi connectivity index (χ2n) is 7.32. The fraction of sp³-hybridized carbons (Fsp3) is 0.0952. The van der Waals surface area contributed by atoms with Gasteiger partial charge in [-0.1, -0.05) is 0 Å². The molecule has 0 saturated heterocycles. The van der Waals surface area contributed by atoms with Gasteiger partial charge in [0, 0.05) is 24.0 Å². The summed E-state index contributed by atoms with van der Waals surface area (Å²) in [6.07, 6.45) is -9.46. The number of benzene rings is 2. The number of nitrogens with one attached hydrogen (secondary N) is 2. The fourth-order valence-corrected chi connectivity index (χ4v) is 2.95. The fourth-order valence-electron chi connectivity index (χ4n) is 2.95. The van der Waals surface area contributed by atoms with Crippen LogP contribution in [0.5, 0.6) is 11.6 Å². The smallest absolute Gasteiger partial charge is 0.420 e. The molecule has 2 aromatic carbocycles. The van der Waals surface area contributed by atoms with Crippen LogP contribution in [-0.4, -0.2) is 26.8 Å². The highest BCUT2D eigenvalue weighted by atomic mass is 19.4. The molecule has 3 rings (SSSR count). The number of ether oxygens (including phenoxy) is 1. The van der Waals surface area contributed by atoms with Crippen LogP contribution in [0.1, 0.15) is 21.5 Å². The van der Waals surface area contributed by atoms with Crippen LogP contribution in [0.15, 0.2) is 54.7 Å². The molecular formula is C21H11F6N5O7. The summed E-state index contributed by atoms with van der Waals surface area (Å²) in [4.78, 5) is 47.7. The molecule has 3 amide bonds. The van der Waals surface area contributed by atoms with Gasteiger partial charge in [0.05, 0.1) is 21.5 Å². The Morgan fingerprint density at radius 3 is 2.10 bits per heavy atom. The summed E-state index contributed by atoms with van der Waals surface area (Å²) < 4.78 is 83.7. The normalized spacial score (nSPS) is 11.4. The number of alkyl halides is 6. The van der Waals surface area contributed by atoms with Gasteiger partial charge in [-0.05, 0) is 30.3 Å². The summed E-state index contributed by atoms with van der Waals surface area (Å²) >= 11 is 0. The molecule has 0 saturated carbocycles. The van der Waals surface area contributed by atoms with Crippen molar-refractivity contribution in [1.82, 2.24) is 10.3 Å². The van der Waals surface area contributed by atoms with Gasteiger partial charge in [0.15, 0.2) is 0 Å². The average Bonchev–Trinajstić information content (AvgIpc) is 2.83. The van der Waals surface area contributed by atoms with Gasteiger partial charge in [-0.15, -0.1) is 0 Å². The Kier molecular flexibility index (Phi) is 7.69. The molecule has 0 aliphatic carbocycles. The van der Waals surface area contributed by atoms with Crippen molar-refractivity contribution in [2.45, 2.75) is 12.4 Å². The molecule has 3 aromatic rings. The van der Waals surface area contributed by atoms with Gasteiger partial charge in [0.25, 0.3) is 17.3 Å². The first-order valence-corrected chi connectivity index (χ1v) is 10.0. The number of hydrogen-bond acceptors (Lipinski definition) is 8. The minimum Gasteiger partial charge on any atom is -0.438 e. The molecule has 2 N–H and O–H groups in total. The van der Waals surface area contributed by atoms with Crippen LogP contribution in [0.2, 0.25) is 0 Å². The zero-order chi connectivity index (χ0) is 29.1. The van der Waals surface area contributed by atoms with E-state index in [9.17, 15) is 56.2 Å². The van der Waals surface area contributed by atoms with Crippen LogP contribution < -0.4 is 15.4 Å².